The first-order chi connectivity index (χ1) is 8.84. The molecule has 18 heavy (non-hydrogen) atoms. The summed E-state index contributed by atoms with van der Waals surface area (Å²) in [6, 6.07) is 11.4. The topological polar surface area (TPSA) is 35.5 Å². The van der Waals surface area contributed by atoms with Crippen molar-refractivity contribution in [3.63, 3.8) is 0 Å². The molecule has 2 aliphatic rings. The molecule has 3 rings (SSSR count). The van der Waals surface area contributed by atoms with Crippen molar-refractivity contribution in [2.45, 2.75) is 44.0 Å². The molecule has 3 heteroatoms. The van der Waals surface area contributed by atoms with E-state index < -0.39 is 0 Å². The third-order valence-corrected chi connectivity index (χ3v) is 4.31. The van der Waals surface area contributed by atoms with Crippen molar-refractivity contribution in [2.24, 2.45) is 0 Å². The van der Waals surface area contributed by atoms with Crippen molar-refractivity contribution < 1.29 is 5.11 Å². The van der Waals surface area contributed by atoms with E-state index in [9.17, 15) is 5.11 Å². The van der Waals surface area contributed by atoms with E-state index >= 15 is 0 Å². The third-order valence-electron chi connectivity index (χ3n) is 4.31. The van der Waals surface area contributed by atoms with E-state index in [-0.39, 0.29) is 12.1 Å². The fourth-order valence-electron chi connectivity index (χ4n) is 3.39. The minimum absolute atomic E-state index is 0.165. The second-order valence-electron chi connectivity index (χ2n) is 5.50. The third kappa shape index (κ3) is 2.44. The second kappa shape index (κ2) is 5.39. The lowest BCUT2D eigenvalue weighted by atomic mass is 9.85. The standard InChI is InChI=1S/C15H22N2O/c18-14-8-4-7-13-15(14)16-9-10-17(13)11-12-5-2-1-3-6-12/h1-3,5-6,13-16,18H,4,7-11H2. The minimum Gasteiger partial charge on any atom is -0.391 e. The Morgan fingerprint density at radius 2 is 2.06 bits per heavy atom. The lowest BCUT2D eigenvalue weighted by Crippen LogP contribution is -2.63. The summed E-state index contributed by atoms with van der Waals surface area (Å²) in [5, 5.41) is 13.6. The molecule has 2 N–H and O–H groups in total. The van der Waals surface area contributed by atoms with Crippen molar-refractivity contribution in [3.8, 4) is 0 Å². The molecule has 1 aromatic carbocycles. The summed E-state index contributed by atoms with van der Waals surface area (Å²) >= 11 is 0. The lowest BCUT2D eigenvalue weighted by molar-refractivity contribution is -0.000968. The molecule has 1 aliphatic carbocycles. The number of fused-ring (bicyclic) bond motifs is 1. The van der Waals surface area contributed by atoms with Gasteiger partial charge >= 0.3 is 0 Å². The van der Waals surface area contributed by atoms with Gasteiger partial charge < -0.3 is 10.4 Å². The molecular formula is C15H22N2O. The van der Waals surface area contributed by atoms with Gasteiger partial charge in [0.15, 0.2) is 0 Å². The first kappa shape index (κ1) is 12.2. The summed E-state index contributed by atoms with van der Waals surface area (Å²) < 4.78 is 0. The first-order valence-corrected chi connectivity index (χ1v) is 7.04. The van der Waals surface area contributed by atoms with Crippen LogP contribution in [0, 0.1) is 0 Å². The van der Waals surface area contributed by atoms with Crippen LogP contribution in [-0.4, -0.2) is 41.3 Å². The monoisotopic (exact) mass is 246 g/mol. The summed E-state index contributed by atoms with van der Waals surface area (Å²) in [7, 11) is 0. The Bertz CT molecular complexity index is 381. The molecule has 1 saturated carbocycles. The molecule has 1 heterocycles. The normalized spacial score (nSPS) is 33.1. The van der Waals surface area contributed by atoms with Crippen LogP contribution in [0.3, 0.4) is 0 Å². The smallest absolute Gasteiger partial charge is 0.0708 e. The van der Waals surface area contributed by atoms with Crippen molar-refractivity contribution in [3.05, 3.63) is 35.9 Å². The van der Waals surface area contributed by atoms with E-state index in [2.05, 4.69) is 40.5 Å². The van der Waals surface area contributed by atoms with Gasteiger partial charge in [-0.3, -0.25) is 4.90 Å². The molecule has 0 spiro atoms. The van der Waals surface area contributed by atoms with Gasteiger partial charge in [0.1, 0.15) is 0 Å². The molecule has 98 valence electrons. The summed E-state index contributed by atoms with van der Waals surface area (Å²) in [6.45, 7) is 3.09. The zero-order valence-corrected chi connectivity index (χ0v) is 10.8. The Hall–Kier alpha value is -0.900. The highest BCUT2D eigenvalue weighted by Gasteiger charge is 2.37. The molecule has 1 aliphatic heterocycles. The van der Waals surface area contributed by atoms with Gasteiger partial charge in [0.25, 0.3) is 0 Å². The highest BCUT2D eigenvalue weighted by atomic mass is 16.3. The van der Waals surface area contributed by atoms with E-state index in [1.165, 1.54) is 12.0 Å². The van der Waals surface area contributed by atoms with Gasteiger partial charge in [0, 0.05) is 31.7 Å². The summed E-state index contributed by atoms with van der Waals surface area (Å²) in [6.07, 6.45) is 3.15. The molecule has 0 bridgehead atoms. The quantitative estimate of drug-likeness (QED) is 0.827. The summed E-state index contributed by atoms with van der Waals surface area (Å²) in [5.74, 6) is 0. The van der Waals surface area contributed by atoms with Gasteiger partial charge in [-0.05, 0) is 24.8 Å². The number of hydrogen-bond donors (Lipinski definition) is 2. The fourth-order valence-corrected chi connectivity index (χ4v) is 3.39. The van der Waals surface area contributed by atoms with Crippen LogP contribution in [0.4, 0.5) is 0 Å². The van der Waals surface area contributed by atoms with Crippen molar-refractivity contribution >= 4 is 0 Å². The summed E-state index contributed by atoms with van der Waals surface area (Å²) in [5.41, 5.74) is 1.37. The van der Waals surface area contributed by atoms with Crippen molar-refractivity contribution in [1.29, 1.82) is 0 Å². The van der Waals surface area contributed by atoms with E-state index in [4.69, 9.17) is 0 Å². The van der Waals surface area contributed by atoms with Crippen LogP contribution in [0.2, 0.25) is 0 Å². The summed E-state index contributed by atoms with van der Waals surface area (Å²) in [4.78, 5) is 2.54. The predicted molar refractivity (Wildman–Crippen MR) is 72.3 cm³/mol. The number of aliphatic hydroxyl groups is 1. The van der Waals surface area contributed by atoms with Crippen molar-refractivity contribution in [2.75, 3.05) is 13.1 Å². The molecule has 2 fully saturated rings. The van der Waals surface area contributed by atoms with E-state index in [0.717, 1.165) is 32.5 Å². The molecule has 1 saturated heterocycles. The second-order valence-corrected chi connectivity index (χ2v) is 5.50. The maximum Gasteiger partial charge on any atom is 0.0708 e. The van der Waals surface area contributed by atoms with Crippen LogP contribution in [0.1, 0.15) is 24.8 Å². The van der Waals surface area contributed by atoms with E-state index in [1.807, 2.05) is 0 Å². The number of aliphatic hydroxyl groups excluding tert-OH is 1. The number of benzene rings is 1. The van der Waals surface area contributed by atoms with Crippen LogP contribution in [-0.2, 0) is 6.54 Å². The Morgan fingerprint density at radius 1 is 1.22 bits per heavy atom. The fraction of sp³-hybridized carbons (Fsp3) is 0.600. The lowest BCUT2D eigenvalue weighted by Gasteiger charge is -2.46. The number of nitrogens with zero attached hydrogens (tertiary/aromatic N) is 1. The highest BCUT2D eigenvalue weighted by Crippen LogP contribution is 2.27. The average Bonchev–Trinajstić information content (AvgIpc) is 2.41. The average molecular weight is 246 g/mol. The van der Waals surface area contributed by atoms with Crippen LogP contribution >= 0.6 is 0 Å². The molecule has 3 nitrogen and oxygen atoms in total. The molecule has 0 amide bonds. The van der Waals surface area contributed by atoms with Crippen LogP contribution < -0.4 is 5.32 Å². The predicted octanol–water partition coefficient (Wildman–Crippen LogP) is 1.37. The minimum atomic E-state index is -0.165. The highest BCUT2D eigenvalue weighted by molar-refractivity contribution is 5.15. The van der Waals surface area contributed by atoms with Crippen LogP contribution in [0.25, 0.3) is 0 Å². The van der Waals surface area contributed by atoms with Crippen molar-refractivity contribution in [1.82, 2.24) is 10.2 Å². The van der Waals surface area contributed by atoms with Gasteiger partial charge in [0.05, 0.1) is 6.10 Å². The van der Waals surface area contributed by atoms with Crippen LogP contribution in [0.15, 0.2) is 30.3 Å². The Kier molecular flexibility index (Phi) is 3.64. The van der Waals surface area contributed by atoms with Gasteiger partial charge in [-0.25, -0.2) is 0 Å². The molecule has 3 atom stereocenters. The number of piperazine rings is 1. The maximum atomic E-state index is 10.1. The number of rotatable bonds is 2. The number of nitrogens with one attached hydrogen (secondary N) is 1. The van der Waals surface area contributed by atoms with Gasteiger partial charge in [0.2, 0.25) is 0 Å². The van der Waals surface area contributed by atoms with Gasteiger partial charge in [-0.2, -0.15) is 0 Å². The zero-order valence-electron chi connectivity index (χ0n) is 10.8. The largest absolute Gasteiger partial charge is 0.391 e. The maximum absolute atomic E-state index is 10.1. The molecule has 3 unspecified atom stereocenters. The zero-order chi connectivity index (χ0) is 12.4. The molecular weight excluding hydrogens is 224 g/mol. The molecule has 1 aromatic rings. The number of hydrogen-bond acceptors (Lipinski definition) is 3. The Morgan fingerprint density at radius 3 is 2.89 bits per heavy atom. The Balaban J connectivity index is 1.71. The van der Waals surface area contributed by atoms with Gasteiger partial charge in [-0.15, -0.1) is 0 Å². The van der Waals surface area contributed by atoms with Crippen LogP contribution in [0.5, 0.6) is 0 Å². The molecule has 0 radical (unpaired) electrons. The Labute approximate surface area is 109 Å². The molecule has 0 aromatic heterocycles. The van der Waals surface area contributed by atoms with E-state index in [0.29, 0.717) is 6.04 Å². The van der Waals surface area contributed by atoms with Gasteiger partial charge in [-0.1, -0.05) is 30.3 Å². The first-order valence-electron chi connectivity index (χ1n) is 7.04. The van der Waals surface area contributed by atoms with E-state index in [1.54, 1.807) is 0 Å². The SMILES string of the molecule is OC1CCCC2C1NCCN2Cc1ccccc1.